The molecule has 0 aliphatic carbocycles. The first-order valence-corrected chi connectivity index (χ1v) is 5.04. The van der Waals surface area contributed by atoms with Crippen LogP contribution < -0.4 is 4.74 Å². The third-order valence-corrected chi connectivity index (χ3v) is 2.36. The molecule has 1 heterocycles. The van der Waals surface area contributed by atoms with Gasteiger partial charge in [0.25, 0.3) is 0 Å². The van der Waals surface area contributed by atoms with Crippen LogP contribution in [-0.4, -0.2) is 27.9 Å². The molecule has 0 bridgehead atoms. The van der Waals surface area contributed by atoms with Gasteiger partial charge >= 0.3 is 0 Å². The Kier molecular flexibility index (Phi) is 4.22. The van der Waals surface area contributed by atoms with Crippen molar-refractivity contribution in [1.29, 1.82) is 0 Å². The number of aromatic nitrogens is 2. The van der Waals surface area contributed by atoms with Crippen molar-refractivity contribution in [2.45, 2.75) is 18.9 Å². The summed E-state index contributed by atoms with van der Waals surface area (Å²) in [6.07, 6.45) is 2.44. The molecule has 0 aromatic carbocycles. The summed E-state index contributed by atoms with van der Waals surface area (Å²) in [7, 11) is 3.34. The molecule has 0 fully saturated rings. The quantitative estimate of drug-likeness (QED) is 0.762. The summed E-state index contributed by atoms with van der Waals surface area (Å²) in [5, 5.41) is 13.8. The van der Waals surface area contributed by atoms with E-state index in [-0.39, 0.29) is 0 Å². The Hall–Kier alpha value is -0.740. The predicted octanol–water partition coefficient (Wildman–Crippen LogP) is 1.48. The predicted molar refractivity (Wildman–Crippen MR) is 54.7 cm³/mol. The van der Waals surface area contributed by atoms with Gasteiger partial charge in [-0.2, -0.15) is 5.10 Å². The van der Waals surface area contributed by atoms with E-state index in [1.807, 2.05) is 0 Å². The van der Waals surface area contributed by atoms with E-state index >= 15 is 0 Å². The zero-order valence-electron chi connectivity index (χ0n) is 8.40. The Morgan fingerprint density at radius 3 is 3.00 bits per heavy atom. The summed E-state index contributed by atoms with van der Waals surface area (Å²) in [6, 6.07) is 0. The van der Waals surface area contributed by atoms with Gasteiger partial charge in [0.2, 0.25) is 0 Å². The minimum Gasteiger partial charge on any atom is -0.493 e. The normalized spacial score (nSPS) is 12.9. The Labute approximate surface area is 88.4 Å². The van der Waals surface area contributed by atoms with Gasteiger partial charge in [0.05, 0.1) is 19.4 Å². The number of halogens is 1. The molecule has 1 rings (SSSR count). The minimum absolute atomic E-state index is 0.553. The maximum absolute atomic E-state index is 9.83. The summed E-state index contributed by atoms with van der Waals surface area (Å²) in [4.78, 5) is 0. The number of ether oxygens (including phenoxy) is 1. The van der Waals surface area contributed by atoms with Crippen molar-refractivity contribution in [2.24, 2.45) is 7.05 Å². The Balaban J connectivity index is 2.76. The maximum atomic E-state index is 9.83. The van der Waals surface area contributed by atoms with Gasteiger partial charge in [0.15, 0.2) is 5.75 Å². The zero-order chi connectivity index (χ0) is 10.6. The van der Waals surface area contributed by atoms with Gasteiger partial charge in [-0.05, 0) is 12.8 Å². The number of aliphatic hydroxyl groups is 1. The van der Waals surface area contributed by atoms with Crippen LogP contribution in [0.5, 0.6) is 5.75 Å². The highest BCUT2D eigenvalue weighted by Gasteiger charge is 2.17. The molecule has 0 aliphatic rings. The number of hydrogen-bond acceptors (Lipinski definition) is 3. The van der Waals surface area contributed by atoms with Gasteiger partial charge in [0, 0.05) is 12.9 Å². The molecule has 0 aliphatic heterocycles. The lowest BCUT2D eigenvalue weighted by Crippen LogP contribution is -2.06. The van der Waals surface area contributed by atoms with Crippen LogP contribution in [-0.2, 0) is 7.05 Å². The molecule has 5 heteroatoms. The topological polar surface area (TPSA) is 47.3 Å². The average Bonchev–Trinajstić information content (AvgIpc) is 2.56. The van der Waals surface area contributed by atoms with E-state index in [0.717, 1.165) is 6.42 Å². The van der Waals surface area contributed by atoms with E-state index in [9.17, 15) is 5.11 Å². The number of aliphatic hydroxyl groups excluding tert-OH is 1. The monoisotopic (exact) mass is 218 g/mol. The summed E-state index contributed by atoms with van der Waals surface area (Å²) >= 11 is 5.56. The van der Waals surface area contributed by atoms with Gasteiger partial charge in [-0.3, -0.25) is 4.68 Å². The van der Waals surface area contributed by atoms with E-state index in [0.29, 0.717) is 23.7 Å². The minimum atomic E-state index is -0.559. The maximum Gasteiger partial charge on any atom is 0.162 e. The fraction of sp³-hybridized carbons (Fsp3) is 0.667. The molecule has 0 amide bonds. The van der Waals surface area contributed by atoms with Crippen LogP contribution in [0.2, 0.25) is 0 Å². The Bertz CT molecular complexity index is 288. The highest BCUT2D eigenvalue weighted by atomic mass is 35.5. The van der Waals surface area contributed by atoms with Gasteiger partial charge in [-0.15, -0.1) is 11.6 Å². The molecular formula is C9H15ClN2O2. The lowest BCUT2D eigenvalue weighted by molar-refractivity contribution is 0.153. The van der Waals surface area contributed by atoms with Gasteiger partial charge in [0.1, 0.15) is 5.69 Å². The van der Waals surface area contributed by atoms with E-state index < -0.39 is 6.10 Å². The van der Waals surface area contributed by atoms with Crippen LogP contribution in [0.15, 0.2) is 6.20 Å². The fourth-order valence-electron chi connectivity index (χ4n) is 1.37. The summed E-state index contributed by atoms with van der Waals surface area (Å²) < 4.78 is 6.71. The van der Waals surface area contributed by atoms with Crippen LogP contribution in [0.4, 0.5) is 0 Å². The third kappa shape index (κ3) is 2.39. The third-order valence-electron chi connectivity index (χ3n) is 2.10. The molecule has 0 radical (unpaired) electrons. The SMILES string of the molecule is COc1cnn(C)c1C(O)CCCCl. The molecule has 0 saturated carbocycles. The summed E-state index contributed by atoms with van der Waals surface area (Å²) in [5.41, 5.74) is 0.706. The standard InChI is InChI=1S/C9H15ClN2O2/c1-12-9(7(13)4-3-5-10)8(14-2)6-11-12/h6-7,13H,3-5H2,1-2H3. The highest BCUT2D eigenvalue weighted by molar-refractivity contribution is 6.17. The van der Waals surface area contributed by atoms with Crippen LogP contribution in [0.3, 0.4) is 0 Å². The molecule has 1 aromatic heterocycles. The van der Waals surface area contributed by atoms with Crippen molar-refractivity contribution in [2.75, 3.05) is 13.0 Å². The molecule has 1 aromatic rings. The first-order chi connectivity index (χ1) is 6.70. The molecule has 1 N–H and O–H groups in total. The first-order valence-electron chi connectivity index (χ1n) is 4.50. The van der Waals surface area contributed by atoms with E-state index in [1.54, 1.807) is 25.0 Å². The molecule has 14 heavy (non-hydrogen) atoms. The molecule has 1 atom stereocenters. The largest absolute Gasteiger partial charge is 0.493 e. The number of rotatable bonds is 5. The molecule has 0 saturated heterocycles. The van der Waals surface area contributed by atoms with Crippen molar-refractivity contribution in [1.82, 2.24) is 9.78 Å². The number of hydrogen-bond donors (Lipinski definition) is 1. The van der Waals surface area contributed by atoms with Gasteiger partial charge < -0.3 is 9.84 Å². The van der Waals surface area contributed by atoms with Gasteiger partial charge in [-0.25, -0.2) is 0 Å². The average molecular weight is 219 g/mol. The van der Waals surface area contributed by atoms with Crippen molar-refractivity contribution < 1.29 is 9.84 Å². The zero-order valence-corrected chi connectivity index (χ0v) is 9.16. The summed E-state index contributed by atoms with van der Waals surface area (Å²) in [5.74, 6) is 1.17. The number of methoxy groups -OCH3 is 1. The van der Waals surface area contributed by atoms with Crippen LogP contribution >= 0.6 is 11.6 Å². The smallest absolute Gasteiger partial charge is 0.162 e. The first kappa shape index (κ1) is 11.3. The molecule has 1 unspecified atom stereocenters. The number of aryl methyl sites for hydroxylation is 1. The van der Waals surface area contributed by atoms with Crippen molar-refractivity contribution in [3.8, 4) is 5.75 Å². The van der Waals surface area contributed by atoms with E-state index in [4.69, 9.17) is 16.3 Å². The number of alkyl halides is 1. The second-order valence-corrected chi connectivity index (χ2v) is 3.45. The van der Waals surface area contributed by atoms with E-state index in [2.05, 4.69) is 5.10 Å². The fourth-order valence-corrected chi connectivity index (χ4v) is 1.53. The second-order valence-electron chi connectivity index (χ2n) is 3.07. The Morgan fingerprint density at radius 1 is 1.71 bits per heavy atom. The van der Waals surface area contributed by atoms with E-state index in [1.165, 1.54) is 0 Å². The van der Waals surface area contributed by atoms with Crippen molar-refractivity contribution in [3.05, 3.63) is 11.9 Å². The molecule has 80 valence electrons. The highest BCUT2D eigenvalue weighted by Crippen LogP contribution is 2.27. The lowest BCUT2D eigenvalue weighted by Gasteiger charge is -2.11. The van der Waals surface area contributed by atoms with Crippen LogP contribution in [0, 0.1) is 0 Å². The summed E-state index contributed by atoms with van der Waals surface area (Å²) in [6.45, 7) is 0. The van der Waals surface area contributed by atoms with Crippen LogP contribution in [0.1, 0.15) is 24.6 Å². The molecule has 4 nitrogen and oxygen atoms in total. The second kappa shape index (κ2) is 5.22. The lowest BCUT2D eigenvalue weighted by atomic mass is 10.1. The molecule has 0 spiro atoms. The Morgan fingerprint density at radius 2 is 2.43 bits per heavy atom. The molecular weight excluding hydrogens is 204 g/mol. The van der Waals surface area contributed by atoms with Crippen LogP contribution in [0.25, 0.3) is 0 Å². The number of nitrogens with zero attached hydrogens (tertiary/aromatic N) is 2. The van der Waals surface area contributed by atoms with Gasteiger partial charge in [-0.1, -0.05) is 0 Å². The van der Waals surface area contributed by atoms with Crippen molar-refractivity contribution in [3.63, 3.8) is 0 Å². The van der Waals surface area contributed by atoms with Crippen molar-refractivity contribution >= 4 is 11.6 Å².